The summed E-state index contributed by atoms with van der Waals surface area (Å²) in [4.78, 5) is 11.9. The molecule has 1 atom stereocenters. The molecule has 0 saturated carbocycles. The molecule has 0 amide bonds. The van der Waals surface area contributed by atoms with Crippen LogP contribution in [0.25, 0.3) is 0 Å². The smallest absolute Gasteiger partial charge is 0.165 e. The van der Waals surface area contributed by atoms with Crippen molar-refractivity contribution in [2.45, 2.75) is 39.2 Å². The summed E-state index contributed by atoms with van der Waals surface area (Å²) in [6, 6.07) is 7.20. The number of aliphatic hydroxyl groups excluding tert-OH is 1. The number of halogens is 1. The Kier molecular flexibility index (Phi) is 5.66. The van der Waals surface area contributed by atoms with E-state index in [9.17, 15) is 9.90 Å². The average Bonchev–Trinajstić information content (AvgIpc) is 2.30. The van der Waals surface area contributed by atoms with E-state index in [4.69, 9.17) is 11.6 Å². The second-order valence-electron chi connectivity index (χ2n) is 4.29. The van der Waals surface area contributed by atoms with Crippen LogP contribution in [-0.2, 0) is 11.2 Å². The molecule has 0 radical (unpaired) electrons. The minimum Gasteiger partial charge on any atom is -0.385 e. The predicted octanol–water partition coefficient (Wildman–Crippen LogP) is 3.25. The van der Waals surface area contributed by atoms with Gasteiger partial charge in [-0.2, -0.15) is 0 Å². The van der Waals surface area contributed by atoms with E-state index in [2.05, 4.69) is 0 Å². The number of rotatable bonds is 6. The van der Waals surface area contributed by atoms with Gasteiger partial charge in [-0.15, -0.1) is 0 Å². The molecule has 0 bridgehead atoms. The van der Waals surface area contributed by atoms with Gasteiger partial charge in [0.05, 0.1) is 0 Å². The third-order valence-corrected chi connectivity index (χ3v) is 3.33. The fourth-order valence-electron chi connectivity index (χ4n) is 1.95. The monoisotopic (exact) mass is 254 g/mol. The van der Waals surface area contributed by atoms with Crippen LogP contribution in [0.4, 0.5) is 0 Å². The van der Waals surface area contributed by atoms with Crippen molar-refractivity contribution in [2.75, 3.05) is 0 Å². The van der Waals surface area contributed by atoms with Crippen LogP contribution in [0.2, 0.25) is 5.02 Å². The molecule has 1 aromatic carbocycles. The summed E-state index contributed by atoms with van der Waals surface area (Å²) in [6.45, 7) is 3.98. The Balaban J connectivity index is 2.65. The molecule has 0 heterocycles. The fraction of sp³-hybridized carbons (Fsp3) is 0.500. The van der Waals surface area contributed by atoms with Crippen molar-refractivity contribution in [3.8, 4) is 0 Å². The molecule has 94 valence electrons. The normalized spacial score (nSPS) is 12.8. The van der Waals surface area contributed by atoms with Crippen LogP contribution in [-0.4, -0.2) is 17.0 Å². The zero-order valence-electron chi connectivity index (χ0n) is 10.3. The predicted molar refractivity (Wildman–Crippen MR) is 70.2 cm³/mol. The van der Waals surface area contributed by atoms with Crippen molar-refractivity contribution in [2.24, 2.45) is 5.92 Å². The Morgan fingerprint density at radius 3 is 2.53 bits per heavy atom. The lowest BCUT2D eigenvalue weighted by atomic mass is 9.91. The summed E-state index contributed by atoms with van der Waals surface area (Å²) in [7, 11) is 0. The van der Waals surface area contributed by atoms with Gasteiger partial charge in [-0.1, -0.05) is 50.4 Å². The molecule has 0 aliphatic heterocycles. The Labute approximate surface area is 108 Å². The summed E-state index contributed by atoms with van der Waals surface area (Å²) in [5.41, 5.74) is 0.854. The van der Waals surface area contributed by atoms with Gasteiger partial charge in [0.25, 0.3) is 0 Å². The van der Waals surface area contributed by atoms with E-state index in [1.807, 2.05) is 26.0 Å². The topological polar surface area (TPSA) is 37.3 Å². The summed E-state index contributed by atoms with van der Waals surface area (Å²) in [6.07, 6.45) is 1.03. The van der Waals surface area contributed by atoms with E-state index < -0.39 is 6.10 Å². The van der Waals surface area contributed by atoms with Crippen LogP contribution in [0.1, 0.15) is 32.3 Å². The number of ketones is 1. The summed E-state index contributed by atoms with van der Waals surface area (Å²) in [5.74, 6) is -0.0670. The van der Waals surface area contributed by atoms with E-state index >= 15 is 0 Å². The molecule has 0 spiro atoms. The Morgan fingerprint density at radius 1 is 1.35 bits per heavy atom. The van der Waals surface area contributed by atoms with Crippen molar-refractivity contribution in [3.63, 3.8) is 0 Å². The zero-order chi connectivity index (χ0) is 12.8. The fourth-order valence-corrected chi connectivity index (χ4v) is 2.16. The highest BCUT2D eigenvalue weighted by Gasteiger charge is 2.23. The molecule has 0 fully saturated rings. The van der Waals surface area contributed by atoms with E-state index in [-0.39, 0.29) is 18.1 Å². The first-order valence-electron chi connectivity index (χ1n) is 6.03. The van der Waals surface area contributed by atoms with Crippen LogP contribution < -0.4 is 0 Å². The van der Waals surface area contributed by atoms with Gasteiger partial charge in [-0.3, -0.25) is 4.79 Å². The Hall–Kier alpha value is -0.860. The molecule has 1 rings (SSSR count). The molecule has 0 aromatic heterocycles. The maximum Gasteiger partial charge on any atom is 0.165 e. The highest BCUT2D eigenvalue weighted by molar-refractivity contribution is 6.30. The molecule has 1 N–H and O–H groups in total. The lowest BCUT2D eigenvalue weighted by molar-refractivity contribution is -0.129. The first kappa shape index (κ1) is 14.2. The molecule has 0 aliphatic rings. The molecular weight excluding hydrogens is 236 g/mol. The van der Waals surface area contributed by atoms with Gasteiger partial charge in [0.2, 0.25) is 0 Å². The number of hydrogen-bond donors (Lipinski definition) is 1. The lowest BCUT2D eigenvalue weighted by Crippen LogP contribution is -2.30. The molecule has 2 nitrogen and oxygen atoms in total. The minimum atomic E-state index is -0.857. The van der Waals surface area contributed by atoms with E-state index in [0.29, 0.717) is 5.02 Å². The molecule has 1 unspecified atom stereocenters. The number of benzene rings is 1. The van der Waals surface area contributed by atoms with Crippen molar-refractivity contribution >= 4 is 17.4 Å². The SMILES string of the molecule is CCC(CC)C(O)C(=O)Cc1cccc(Cl)c1. The second kappa shape index (κ2) is 6.77. The first-order chi connectivity index (χ1) is 8.08. The number of hydrogen-bond acceptors (Lipinski definition) is 2. The third-order valence-electron chi connectivity index (χ3n) is 3.09. The van der Waals surface area contributed by atoms with Crippen LogP contribution in [0, 0.1) is 5.92 Å². The highest BCUT2D eigenvalue weighted by atomic mass is 35.5. The first-order valence-corrected chi connectivity index (χ1v) is 6.41. The number of carbonyl (C=O) groups is 1. The molecule has 3 heteroatoms. The van der Waals surface area contributed by atoms with Gasteiger partial charge in [0, 0.05) is 11.4 Å². The second-order valence-corrected chi connectivity index (χ2v) is 4.73. The van der Waals surface area contributed by atoms with Gasteiger partial charge >= 0.3 is 0 Å². The lowest BCUT2D eigenvalue weighted by Gasteiger charge is -2.18. The Bertz CT molecular complexity index is 372. The van der Waals surface area contributed by atoms with Crippen LogP contribution in [0.15, 0.2) is 24.3 Å². The molecular formula is C14H19ClO2. The van der Waals surface area contributed by atoms with Crippen molar-refractivity contribution in [3.05, 3.63) is 34.9 Å². The number of Topliss-reactive ketones (excluding diaryl/α,β-unsaturated/α-hetero) is 1. The van der Waals surface area contributed by atoms with Gasteiger partial charge in [-0.05, 0) is 23.6 Å². The molecule has 0 saturated heterocycles. The molecule has 17 heavy (non-hydrogen) atoms. The van der Waals surface area contributed by atoms with Gasteiger partial charge in [0.1, 0.15) is 6.10 Å². The molecule has 1 aromatic rings. The number of aliphatic hydroxyl groups is 1. The van der Waals surface area contributed by atoms with E-state index in [0.717, 1.165) is 18.4 Å². The number of carbonyl (C=O) groups excluding carboxylic acids is 1. The van der Waals surface area contributed by atoms with Crippen LogP contribution in [0.3, 0.4) is 0 Å². The van der Waals surface area contributed by atoms with Gasteiger partial charge < -0.3 is 5.11 Å². The minimum absolute atomic E-state index is 0.0571. The average molecular weight is 255 g/mol. The van der Waals surface area contributed by atoms with Crippen LogP contribution in [0.5, 0.6) is 0 Å². The van der Waals surface area contributed by atoms with Crippen molar-refractivity contribution in [1.82, 2.24) is 0 Å². The standard InChI is InChI=1S/C14H19ClO2/c1-3-11(4-2)14(17)13(16)9-10-6-5-7-12(15)8-10/h5-8,11,14,17H,3-4,9H2,1-2H3. The third kappa shape index (κ3) is 4.14. The van der Waals surface area contributed by atoms with Gasteiger partial charge in [-0.25, -0.2) is 0 Å². The van der Waals surface area contributed by atoms with E-state index in [1.165, 1.54) is 0 Å². The van der Waals surface area contributed by atoms with E-state index in [1.54, 1.807) is 12.1 Å². The summed E-state index contributed by atoms with van der Waals surface area (Å²) >= 11 is 5.85. The highest BCUT2D eigenvalue weighted by Crippen LogP contribution is 2.17. The maximum atomic E-state index is 11.9. The zero-order valence-corrected chi connectivity index (χ0v) is 11.1. The summed E-state index contributed by atoms with van der Waals surface area (Å²) < 4.78 is 0. The van der Waals surface area contributed by atoms with Crippen LogP contribution >= 0.6 is 11.6 Å². The van der Waals surface area contributed by atoms with Gasteiger partial charge in [0.15, 0.2) is 5.78 Å². The largest absolute Gasteiger partial charge is 0.385 e. The van der Waals surface area contributed by atoms with Crippen molar-refractivity contribution in [1.29, 1.82) is 0 Å². The Morgan fingerprint density at radius 2 is 2.00 bits per heavy atom. The molecule has 0 aliphatic carbocycles. The maximum absolute atomic E-state index is 11.9. The summed E-state index contributed by atoms with van der Waals surface area (Å²) in [5, 5.41) is 10.5. The van der Waals surface area contributed by atoms with Crippen molar-refractivity contribution < 1.29 is 9.90 Å². The quantitative estimate of drug-likeness (QED) is 0.846.